The monoisotopic (exact) mass is 330 g/mol. The van der Waals surface area contributed by atoms with Gasteiger partial charge in [0.2, 0.25) is 0 Å². The summed E-state index contributed by atoms with van der Waals surface area (Å²) in [6.07, 6.45) is -0.957. The summed E-state index contributed by atoms with van der Waals surface area (Å²) < 4.78 is 11.8. The first-order valence-corrected chi connectivity index (χ1v) is 6.83. The zero-order valence-electron chi connectivity index (χ0n) is 9.79. The number of aliphatic hydroxyl groups excluding tert-OH is 1. The van der Waals surface area contributed by atoms with Gasteiger partial charge >= 0.3 is 0 Å². The van der Waals surface area contributed by atoms with Crippen molar-refractivity contribution in [1.29, 1.82) is 0 Å². The number of thiol groups is 2. The molecule has 2 aromatic rings. The van der Waals surface area contributed by atoms with Crippen LogP contribution in [0.2, 0.25) is 5.02 Å². The highest BCUT2D eigenvalue weighted by Crippen LogP contribution is 2.44. The van der Waals surface area contributed by atoms with E-state index in [0.29, 0.717) is 16.1 Å². The van der Waals surface area contributed by atoms with Crippen LogP contribution in [0.5, 0.6) is 0 Å². The molecule has 0 aliphatic carbocycles. The van der Waals surface area contributed by atoms with Crippen LogP contribution in [0.25, 0.3) is 0 Å². The normalized spacial score (nSPS) is 12.7. The molecule has 0 saturated heterocycles. The summed E-state index contributed by atoms with van der Waals surface area (Å²) in [6.45, 7) is 0. The molecule has 0 amide bonds. The Morgan fingerprint density at radius 1 is 1.00 bits per heavy atom. The minimum atomic E-state index is -1.12. The molecule has 1 atom stereocenters. The predicted molar refractivity (Wildman–Crippen MR) is 89.2 cm³/mol. The van der Waals surface area contributed by atoms with E-state index in [4.69, 9.17) is 11.6 Å². The first-order chi connectivity index (χ1) is 8.91. The Morgan fingerprint density at radius 2 is 1.50 bits per heavy atom. The smallest absolute Gasteiger partial charge is 0.123 e. The second-order valence-corrected chi connectivity index (χ2v) is 6.39. The Balaban J connectivity index is 0.00000200. The van der Waals surface area contributed by atoms with Crippen molar-refractivity contribution in [3.63, 3.8) is 0 Å². The molecule has 0 radical (unpaired) electrons. The highest BCUT2D eigenvalue weighted by Gasteiger charge is 2.33. The Hall–Kier alpha value is -0.680. The van der Waals surface area contributed by atoms with Crippen molar-refractivity contribution in [2.24, 2.45) is 0 Å². The fourth-order valence-electron chi connectivity index (χ4n) is 1.73. The van der Waals surface area contributed by atoms with Gasteiger partial charge in [0.1, 0.15) is 16.0 Å². The summed E-state index contributed by atoms with van der Waals surface area (Å²) in [5.41, 5.74) is 1.25. The molecule has 0 aromatic heterocycles. The summed E-state index contributed by atoms with van der Waals surface area (Å²) in [5, 5.41) is 11.0. The van der Waals surface area contributed by atoms with Crippen LogP contribution in [-0.4, -0.2) is 5.11 Å². The highest BCUT2D eigenvalue weighted by atomic mass is 35.5. The van der Waals surface area contributed by atoms with E-state index in [2.05, 4.69) is 25.3 Å². The number of hydrogen-bond acceptors (Lipinski definition) is 3. The Morgan fingerprint density at radius 3 is 2.00 bits per heavy atom. The van der Waals surface area contributed by atoms with Crippen LogP contribution >= 0.6 is 36.9 Å². The summed E-state index contributed by atoms with van der Waals surface area (Å²) in [7, 11) is 0. The van der Waals surface area contributed by atoms with E-state index in [0.717, 1.165) is 0 Å². The lowest BCUT2D eigenvalue weighted by Gasteiger charge is -2.29. The SMILES string of the molecule is C.OC(c1ccc(Cl)cc1)C(S)(S)c1ccc(F)cc1. The van der Waals surface area contributed by atoms with E-state index in [1.807, 2.05) is 0 Å². The zero-order valence-corrected chi connectivity index (χ0v) is 12.3. The molecule has 1 N–H and O–H groups in total. The molecule has 2 rings (SSSR count). The van der Waals surface area contributed by atoms with E-state index in [1.165, 1.54) is 12.1 Å². The van der Waals surface area contributed by atoms with Crippen LogP contribution in [0.3, 0.4) is 0 Å². The maximum absolute atomic E-state index is 12.9. The molecule has 1 unspecified atom stereocenters. The fourth-order valence-corrected chi connectivity index (χ4v) is 2.45. The van der Waals surface area contributed by atoms with Crippen molar-refractivity contribution in [3.8, 4) is 0 Å². The molecular weight excluding hydrogens is 315 g/mol. The lowest BCUT2D eigenvalue weighted by Crippen LogP contribution is -2.21. The van der Waals surface area contributed by atoms with Crippen LogP contribution in [0, 0.1) is 5.82 Å². The van der Waals surface area contributed by atoms with Crippen LogP contribution in [0.4, 0.5) is 4.39 Å². The zero-order chi connectivity index (χ0) is 14.0. The Kier molecular flexibility index (Phi) is 5.95. The second kappa shape index (κ2) is 6.85. The topological polar surface area (TPSA) is 20.2 Å². The molecule has 5 heteroatoms. The third-order valence-electron chi connectivity index (χ3n) is 2.84. The predicted octanol–water partition coefficient (Wildman–Crippen LogP) is 4.86. The molecule has 2 aromatic carbocycles. The van der Waals surface area contributed by atoms with E-state index in [-0.39, 0.29) is 13.2 Å². The van der Waals surface area contributed by atoms with E-state index in [1.54, 1.807) is 36.4 Å². The average Bonchev–Trinajstić information content (AvgIpc) is 2.39. The van der Waals surface area contributed by atoms with Gasteiger partial charge in [-0.3, -0.25) is 0 Å². The third kappa shape index (κ3) is 3.70. The number of benzene rings is 2. The van der Waals surface area contributed by atoms with Gasteiger partial charge in [-0.2, -0.15) is 25.3 Å². The maximum atomic E-state index is 12.9. The van der Waals surface area contributed by atoms with Crippen molar-refractivity contribution in [2.75, 3.05) is 0 Å². The van der Waals surface area contributed by atoms with Gasteiger partial charge in [0, 0.05) is 5.02 Å². The Bertz CT molecular complexity index is 555. The Labute approximate surface area is 134 Å². The van der Waals surface area contributed by atoms with Gasteiger partial charge in [0.25, 0.3) is 0 Å². The number of aliphatic hydroxyl groups is 1. The lowest BCUT2D eigenvalue weighted by molar-refractivity contribution is 0.165. The summed E-state index contributed by atoms with van der Waals surface area (Å²) in [6, 6.07) is 12.5. The number of hydrogen-bond donors (Lipinski definition) is 3. The first kappa shape index (κ1) is 17.4. The first-order valence-electron chi connectivity index (χ1n) is 5.55. The standard InChI is InChI=1S/C14H12ClFOS2.CH4/c15-11-5-1-9(2-6-11)13(17)14(18,19)10-3-7-12(16)8-4-10;/h1-8,13,17-19H;1H4. The number of halogens is 2. The van der Waals surface area contributed by atoms with Crippen LogP contribution in [0.15, 0.2) is 48.5 Å². The minimum Gasteiger partial charge on any atom is -0.386 e. The van der Waals surface area contributed by atoms with Crippen molar-refractivity contribution < 1.29 is 9.50 Å². The van der Waals surface area contributed by atoms with Gasteiger partial charge in [-0.1, -0.05) is 43.3 Å². The summed E-state index contributed by atoms with van der Waals surface area (Å²) >= 11 is 14.6. The van der Waals surface area contributed by atoms with E-state index >= 15 is 0 Å². The molecule has 20 heavy (non-hydrogen) atoms. The molecule has 108 valence electrons. The van der Waals surface area contributed by atoms with Gasteiger partial charge in [-0.15, -0.1) is 0 Å². The van der Waals surface area contributed by atoms with Crippen LogP contribution in [0.1, 0.15) is 24.7 Å². The van der Waals surface area contributed by atoms with Crippen LogP contribution in [-0.2, 0) is 4.08 Å². The van der Waals surface area contributed by atoms with Gasteiger partial charge in [-0.25, -0.2) is 4.39 Å². The molecule has 0 aliphatic rings. The number of rotatable bonds is 3. The van der Waals surface area contributed by atoms with Crippen molar-refractivity contribution in [3.05, 3.63) is 70.5 Å². The van der Waals surface area contributed by atoms with E-state index < -0.39 is 10.2 Å². The largest absolute Gasteiger partial charge is 0.386 e. The summed E-state index contributed by atoms with van der Waals surface area (Å²) in [4.78, 5) is 0. The highest BCUT2D eigenvalue weighted by molar-refractivity contribution is 7.99. The second-order valence-electron chi connectivity index (χ2n) is 4.19. The minimum absolute atomic E-state index is 0. The molecule has 0 aliphatic heterocycles. The van der Waals surface area contributed by atoms with Gasteiger partial charge in [-0.05, 0) is 35.4 Å². The molecule has 0 saturated carbocycles. The summed E-state index contributed by atoms with van der Waals surface area (Å²) in [5.74, 6) is -0.345. The average molecular weight is 331 g/mol. The van der Waals surface area contributed by atoms with Gasteiger partial charge in [0.15, 0.2) is 0 Å². The molecule has 0 heterocycles. The maximum Gasteiger partial charge on any atom is 0.123 e. The lowest BCUT2D eigenvalue weighted by atomic mass is 10.00. The molecule has 0 fully saturated rings. The fraction of sp³-hybridized carbons (Fsp3) is 0.200. The van der Waals surface area contributed by atoms with Crippen LogP contribution < -0.4 is 0 Å². The van der Waals surface area contributed by atoms with Gasteiger partial charge < -0.3 is 5.11 Å². The molecular formula is C15H16ClFOS2. The van der Waals surface area contributed by atoms with E-state index in [9.17, 15) is 9.50 Å². The molecule has 1 nitrogen and oxygen atoms in total. The third-order valence-corrected chi connectivity index (χ3v) is 4.09. The van der Waals surface area contributed by atoms with Crippen molar-refractivity contribution in [1.82, 2.24) is 0 Å². The molecule has 0 bridgehead atoms. The van der Waals surface area contributed by atoms with Gasteiger partial charge in [0.05, 0.1) is 0 Å². The quantitative estimate of drug-likeness (QED) is 0.542. The van der Waals surface area contributed by atoms with Crippen molar-refractivity contribution >= 4 is 36.9 Å². The molecule has 0 spiro atoms. The van der Waals surface area contributed by atoms with Crippen molar-refractivity contribution in [2.45, 2.75) is 17.6 Å².